The van der Waals surface area contributed by atoms with Gasteiger partial charge < -0.3 is 4.74 Å². The van der Waals surface area contributed by atoms with E-state index in [4.69, 9.17) is 4.74 Å². The van der Waals surface area contributed by atoms with Crippen molar-refractivity contribution in [2.75, 3.05) is 7.11 Å². The smallest absolute Gasteiger partial charge is 0.213 e. The molecule has 1 aliphatic carbocycles. The van der Waals surface area contributed by atoms with Gasteiger partial charge in [0.2, 0.25) is 5.88 Å². The molecule has 1 aromatic heterocycles. The summed E-state index contributed by atoms with van der Waals surface area (Å²) in [6.45, 7) is 1.84. The fourth-order valence-electron chi connectivity index (χ4n) is 1.99. The van der Waals surface area contributed by atoms with Crippen LogP contribution in [0.5, 0.6) is 5.88 Å². The van der Waals surface area contributed by atoms with E-state index in [1.165, 1.54) is 7.11 Å². The molecule has 4 nitrogen and oxygen atoms in total. The number of rotatable bonds is 2. The summed E-state index contributed by atoms with van der Waals surface area (Å²) < 4.78 is 5.07. The third kappa shape index (κ3) is 1.54. The number of nitrogens with zero attached hydrogens (tertiary/aromatic N) is 2. The highest BCUT2D eigenvalue weighted by molar-refractivity contribution is 5.90. The fourth-order valence-corrected chi connectivity index (χ4v) is 1.99. The molecule has 4 heteroatoms. The highest BCUT2D eigenvalue weighted by atomic mass is 16.5. The van der Waals surface area contributed by atoms with Gasteiger partial charge in [0.1, 0.15) is 5.78 Å². The molecule has 0 N–H and O–H groups in total. The molecule has 16 heavy (non-hydrogen) atoms. The lowest BCUT2D eigenvalue weighted by Crippen LogP contribution is -2.40. The third-order valence-corrected chi connectivity index (χ3v) is 2.90. The summed E-state index contributed by atoms with van der Waals surface area (Å²) in [5, 5.41) is 9.20. The van der Waals surface area contributed by atoms with Crippen molar-refractivity contribution in [2.45, 2.75) is 25.2 Å². The Hall–Kier alpha value is -1.89. The number of aryl methyl sites for hydroxylation is 1. The van der Waals surface area contributed by atoms with Gasteiger partial charge in [-0.25, -0.2) is 4.98 Å². The maximum absolute atomic E-state index is 11.1. The van der Waals surface area contributed by atoms with Crippen molar-refractivity contribution in [1.29, 1.82) is 5.26 Å². The third-order valence-electron chi connectivity index (χ3n) is 2.90. The second-order valence-electron chi connectivity index (χ2n) is 4.13. The minimum Gasteiger partial charge on any atom is -0.481 e. The zero-order chi connectivity index (χ0) is 11.8. The number of pyridine rings is 1. The average Bonchev–Trinajstić information content (AvgIpc) is 2.23. The summed E-state index contributed by atoms with van der Waals surface area (Å²) in [7, 11) is 1.54. The second-order valence-corrected chi connectivity index (χ2v) is 4.13. The van der Waals surface area contributed by atoms with Crippen LogP contribution in [0.2, 0.25) is 0 Å². The van der Waals surface area contributed by atoms with Crippen molar-refractivity contribution in [2.24, 2.45) is 0 Å². The topological polar surface area (TPSA) is 63.0 Å². The lowest BCUT2D eigenvalue weighted by atomic mass is 9.65. The summed E-state index contributed by atoms with van der Waals surface area (Å²) in [6.07, 6.45) is 0.603. The Bertz CT molecular complexity index is 480. The zero-order valence-electron chi connectivity index (χ0n) is 9.28. The maximum atomic E-state index is 11.1. The Morgan fingerprint density at radius 3 is 2.69 bits per heavy atom. The zero-order valence-corrected chi connectivity index (χ0v) is 9.28. The monoisotopic (exact) mass is 216 g/mol. The molecule has 1 aliphatic rings. The van der Waals surface area contributed by atoms with E-state index in [1.54, 1.807) is 6.07 Å². The van der Waals surface area contributed by atoms with Crippen LogP contribution >= 0.6 is 0 Å². The van der Waals surface area contributed by atoms with Gasteiger partial charge in [0.25, 0.3) is 0 Å². The first-order valence-electron chi connectivity index (χ1n) is 5.06. The number of hydrogen-bond donors (Lipinski definition) is 0. The molecule has 0 atom stereocenters. The first-order chi connectivity index (χ1) is 7.59. The van der Waals surface area contributed by atoms with Crippen molar-refractivity contribution < 1.29 is 9.53 Å². The van der Waals surface area contributed by atoms with Crippen molar-refractivity contribution in [3.05, 3.63) is 23.4 Å². The Balaban J connectivity index is 2.44. The quantitative estimate of drug-likeness (QED) is 0.752. The largest absolute Gasteiger partial charge is 0.481 e. The van der Waals surface area contributed by atoms with Gasteiger partial charge in [0.15, 0.2) is 0 Å². The Morgan fingerprint density at radius 2 is 2.19 bits per heavy atom. The van der Waals surface area contributed by atoms with Gasteiger partial charge >= 0.3 is 0 Å². The minimum atomic E-state index is -0.655. The van der Waals surface area contributed by atoms with E-state index in [-0.39, 0.29) is 5.78 Å². The van der Waals surface area contributed by atoms with Crippen LogP contribution in [0.15, 0.2) is 12.1 Å². The number of ether oxygens (including phenoxy) is 1. The number of Topliss-reactive ketones (excluding diaryl/α,β-unsaturated/α-hetero) is 1. The van der Waals surface area contributed by atoms with E-state index in [0.717, 1.165) is 11.3 Å². The maximum Gasteiger partial charge on any atom is 0.213 e. The van der Waals surface area contributed by atoms with Gasteiger partial charge in [-0.05, 0) is 18.6 Å². The predicted octanol–water partition coefficient (Wildman–Crippen LogP) is 1.52. The number of aromatic nitrogens is 1. The van der Waals surface area contributed by atoms with E-state index in [2.05, 4.69) is 11.1 Å². The Kier molecular flexibility index (Phi) is 2.39. The van der Waals surface area contributed by atoms with Crippen molar-refractivity contribution in [3.8, 4) is 11.9 Å². The summed E-state index contributed by atoms with van der Waals surface area (Å²) in [5.74, 6) is 0.624. The van der Waals surface area contributed by atoms with Crippen LogP contribution in [-0.4, -0.2) is 17.9 Å². The first kappa shape index (κ1) is 10.6. The van der Waals surface area contributed by atoms with E-state index < -0.39 is 5.41 Å². The second kappa shape index (κ2) is 3.60. The molecule has 0 spiro atoms. The van der Waals surface area contributed by atoms with Crippen LogP contribution in [0.25, 0.3) is 0 Å². The average molecular weight is 216 g/mol. The van der Waals surface area contributed by atoms with Gasteiger partial charge in [-0.1, -0.05) is 0 Å². The number of methoxy groups -OCH3 is 1. The molecule has 1 aromatic rings. The van der Waals surface area contributed by atoms with Crippen LogP contribution in [0.1, 0.15) is 24.1 Å². The standard InChI is InChI=1S/C12H12N2O2/c1-8-3-9(4-11(14-8)16-2)12(7-13)5-10(15)6-12/h3-4H,5-6H2,1-2H3. The molecular weight excluding hydrogens is 204 g/mol. The van der Waals surface area contributed by atoms with Crippen LogP contribution in [-0.2, 0) is 10.2 Å². The van der Waals surface area contributed by atoms with Crippen molar-refractivity contribution in [1.82, 2.24) is 4.98 Å². The van der Waals surface area contributed by atoms with Gasteiger partial charge in [-0.3, -0.25) is 4.79 Å². The molecule has 2 rings (SSSR count). The highest BCUT2D eigenvalue weighted by Crippen LogP contribution is 2.41. The Labute approximate surface area is 93.9 Å². The van der Waals surface area contributed by atoms with Gasteiger partial charge in [0.05, 0.1) is 18.6 Å². The molecule has 0 saturated heterocycles. The number of carbonyl (C=O) groups is 1. The molecule has 0 aromatic carbocycles. The molecule has 0 bridgehead atoms. The summed E-state index contributed by atoms with van der Waals surface area (Å²) >= 11 is 0. The molecule has 0 radical (unpaired) electrons. The molecule has 1 heterocycles. The molecule has 0 aliphatic heterocycles. The number of hydrogen-bond acceptors (Lipinski definition) is 4. The van der Waals surface area contributed by atoms with Crippen molar-refractivity contribution in [3.63, 3.8) is 0 Å². The molecular formula is C12H12N2O2. The van der Waals surface area contributed by atoms with Gasteiger partial charge in [-0.15, -0.1) is 0 Å². The number of nitriles is 1. The first-order valence-corrected chi connectivity index (χ1v) is 5.06. The summed E-state index contributed by atoms with van der Waals surface area (Å²) in [5.41, 5.74) is 0.972. The molecule has 0 unspecified atom stereocenters. The van der Waals surface area contributed by atoms with Gasteiger partial charge in [-0.2, -0.15) is 5.26 Å². The van der Waals surface area contributed by atoms with Gasteiger partial charge in [0, 0.05) is 24.6 Å². The normalized spacial score (nSPS) is 17.4. The lowest BCUT2D eigenvalue weighted by molar-refractivity contribution is -0.126. The SMILES string of the molecule is COc1cc(C2(C#N)CC(=O)C2)cc(C)n1. The Morgan fingerprint density at radius 1 is 1.50 bits per heavy atom. The highest BCUT2D eigenvalue weighted by Gasteiger charge is 2.45. The van der Waals surface area contributed by atoms with E-state index in [0.29, 0.717) is 18.7 Å². The van der Waals surface area contributed by atoms with Crippen LogP contribution in [0.4, 0.5) is 0 Å². The van der Waals surface area contributed by atoms with Crippen LogP contribution < -0.4 is 4.74 Å². The molecule has 0 amide bonds. The lowest BCUT2D eigenvalue weighted by Gasteiger charge is -2.34. The van der Waals surface area contributed by atoms with E-state index in [9.17, 15) is 10.1 Å². The number of ketones is 1. The minimum absolute atomic E-state index is 0.134. The van der Waals surface area contributed by atoms with Crippen LogP contribution in [0.3, 0.4) is 0 Å². The summed E-state index contributed by atoms with van der Waals surface area (Å²) in [4.78, 5) is 15.2. The predicted molar refractivity (Wildman–Crippen MR) is 57.1 cm³/mol. The number of carbonyl (C=O) groups excluding carboxylic acids is 1. The molecule has 1 fully saturated rings. The van der Waals surface area contributed by atoms with E-state index in [1.807, 2.05) is 13.0 Å². The molecule has 82 valence electrons. The van der Waals surface area contributed by atoms with Crippen LogP contribution in [0, 0.1) is 18.3 Å². The summed E-state index contributed by atoms with van der Waals surface area (Å²) in [6, 6.07) is 5.82. The van der Waals surface area contributed by atoms with E-state index >= 15 is 0 Å². The fraction of sp³-hybridized carbons (Fsp3) is 0.417. The molecule has 1 saturated carbocycles. The van der Waals surface area contributed by atoms with Crippen molar-refractivity contribution >= 4 is 5.78 Å².